The van der Waals surface area contributed by atoms with E-state index in [9.17, 15) is 4.79 Å². The summed E-state index contributed by atoms with van der Waals surface area (Å²) in [6.07, 6.45) is 0.970. The summed E-state index contributed by atoms with van der Waals surface area (Å²) in [6.45, 7) is 8.57. The molecule has 1 aromatic carbocycles. The van der Waals surface area contributed by atoms with Gasteiger partial charge in [0.15, 0.2) is 0 Å². The molecule has 0 radical (unpaired) electrons. The van der Waals surface area contributed by atoms with Crippen LogP contribution in [0.2, 0.25) is 0 Å². The van der Waals surface area contributed by atoms with Crippen LogP contribution in [0.25, 0.3) is 0 Å². The third-order valence-corrected chi connectivity index (χ3v) is 3.17. The van der Waals surface area contributed by atoms with Gasteiger partial charge in [0, 0.05) is 6.54 Å². The first kappa shape index (κ1) is 14.7. The molecule has 1 aromatic rings. The van der Waals surface area contributed by atoms with Crippen molar-refractivity contribution in [1.82, 2.24) is 5.32 Å². The molecule has 3 N–H and O–H groups in total. The number of nitrogens with one attached hydrogen (secondary N) is 1. The van der Waals surface area contributed by atoms with E-state index in [0.717, 1.165) is 12.0 Å². The fourth-order valence-electron chi connectivity index (χ4n) is 1.76. The van der Waals surface area contributed by atoms with Crippen molar-refractivity contribution < 1.29 is 4.79 Å². The van der Waals surface area contributed by atoms with E-state index in [1.165, 1.54) is 5.56 Å². The van der Waals surface area contributed by atoms with E-state index in [0.29, 0.717) is 6.54 Å². The Morgan fingerprint density at radius 1 is 1.28 bits per heavy atom. The van der Waals surface area contributed by atoms with Gasteiger partial charge in [-0.2, -0.15) is 0 Å². The van der Waals surface area contributed by atoms with Gasteiger partial charge in [0.2, 0.25) is 5.91 Å². The molecule has 0 spiro atoms. The first-order chi connectivity index (χ1) is 8.36. The molecule has 0 aromatic heterocycles. The first-order valence-electron chi connectivity index (χ1n) is 6.46. The molecule has 1 unspecified atom stereocenters. The van der Waals surface area contributed by atoms with Gasteiger partial charge in [0.05, 0.1) is 6.04 Å². The fraction of sp³-hybridized carbons (Fsp3) is 0.533. The molecule has 3 nitrogen and oxygen atoms in total. The van der Waals surface area contributed by atoms with Crippen LogP contribution in [-0.2, 0) is 17.8 Å². The van der Waals surface area contributed by atoms with E-state index in [4.69, 9.17) is 5.73 Å². The molecular formula is C15H24N2O. The molecule has 1 atom stereocenters. The van der Waals surface area contributed by atoms with Gasteiger partial charge in [-0.1, -0.05) is 52.0 Å². The second-order valence-corrected chi connectivity index (χ2v) is 5.68. The molecule has 0 aliphatic rings. The second kappa shape index (κ2) is 6.01. The van der Waals surface area contributed by atoms with Gasteiger partial charge in [0.25, 0.3) is 0 Å². The Morgan fingerprint density at radius 2 is 1.83 bits per heavy atom. The summed E-state index contributed by atoms with van der Waals surface area (Å²) >= 11 is 0. The molecule has 0 aliphatic carbocycles. The zero-order valence-corrected chi connectivity index (χ0v) is 11.8. The summed E-state index contributed by atoms with van der Waals surface area (Å²) in [6, 6.07) is 7.66. The molecule has 0 heterocycles. The van der Waals surface area contributed by atoms with Gasteiger partial charge < -0.3 is 11.1 Å². The largest absolute Gasteiger partial charge is 0.351 e. The topological polar surface area (TPSA) is 55.1 Å². The highest BCUT2D eigenvalue weighted by Gasteiger charge is 2.27. The molecule has 0 saturated carbocycles. The molecule has 1 amide bonds. The predicted molar refractivity (Wildman–Crippen MR) is 75.1 cm³/mol. The predicted octanol–water partition coefficient (Wildman–Crippen LogP) is 2.24. The maximum atomic E-state index is 11.9. The minimum Gasteiger partial charge on any atom is -0.351 e. The Labute approximate surface area is 110 Å². The third-order valence-electron chi connectivity index (χ3n) is 3.17. The fourth-order valence-corrected chi connectivity index (χ4v) is 1.76. The lowest BCUT2D eigenvalue weighted by atomic mass is 9.87. The maximum Gasteiger partial charge on any atom is 0.237 e. The van der Waals surface area contributed by atoms with Crippen molar-refractivity contribution in [3.63, 3.8) is 0 Å². The molecule has 0 fully saturated rings. The van der Waals surface area contributed by atoms with Crippen LogP contribution in [0.15, 0.2) is 24.3 Å². The lowest BCUT2D eigenvalue weighted by Crippen LogP contribution is -2.48. The van der Waals surface area contributed by atoms with Crippen molar-refractivity contribution >= 4 is 5.91 Å². The number of amides is 1. The maximum absolute atomic E-state index is 11.9. The number of hydrogen-bond acceptors (Lipinski definition) is 2. The van der Waals surface area contributed by atoms with Crippen molar-refractivity contribution in [1.29, 1.82) is 0 Å². The van der Waals surface area contributed by atoms with Crippen LogP contribution < -0.4 is 11.1 Å². The summed E-state index contributed by atoms with van der Waals surface area (Å²) in [5.74, 6) is -0.0894. The second-order valence-electron chi connectivity index (χ2n) is 5.68. The molecule has 0 saturated heterocycles. The lowest BCUT2D eigenvalue weighted by molar-refractivity contribution is -0.124. The lowest BCUT2D eigenvalue weighted by Gasteiger charge is -2.26. The first-order valence-corrected chi connectivity index (χ1v) is 6.46. The van der Waals surface area contributed by atoms with Crippen LogP contribution in [0.1, 0.15) is 38.8 Å². The van der Waals surface area contributed by atoms with Crippen molar-refractivity contribution in [3.8, 4) is 0 Å². The van der Waals surface area contributed by atoms with E-state index in [2.05, 4.69) is 18.3 Å². The number of carbonyl (C=O) groups excluding carboxylic acids is 1. The summed E-state index contributed by atoms with van der Waals surface area (Å²) in [5, 5.41) is 2.92. The van der Waals surface area contributed by atoms with Crippen LogP contribution in [0.4, 0.5) is 0 Å². The van der Waals surface area contributed by atoms with E-state index in [-0.39, 0.29) is 11.3 Å². The smallest absolute Gasteiger partial charge is 0.237 e. The third kappa shape index (κ3) is 3.84. The van der Waals surface area contributed by atoms with Gasteiger partial charge >= 0.3 is 0 Å². The Bertz CT molecular complexity index is 407. The van der Waals surface area contributed by atoms with Crippen molar-refractivity contribution in [2.24, 2.45) is 11.1 Å². The molecule has 0 aliphatic heterocycles. The van der Waals surface area contributed by atoms with E-state index >= 15 is 0 Å². The minimum atomic E-state index is -0.480. The van der Waals surface area contributed by atoms with Gasteiger partial charge in [-0.25, -0.2) is 0 Å². The zero-order valence-electron chi connectivity index (χ0n) is 11.8. The summed E-state index contributed by atoms with van der Waals surface area (Å²) in [7, 11) is 0. The standard InChI is InChI=1S/C15H24N2O/c1-5-11-8-6-7-9-12(11)10-17-14(18)13(16)15(2,3)4/h6-9,13H,5,10,16H2,1-4H3,(H,17,18). The quantitative estimate of drug-likeness (QED) is 0.858. The Morgan fingerprint density at radius 3 is 2.33 bits per heavy atom. The average Bonchev–Trinajstić information content (AvgIpc) is 2.34. The van der Waals surface area contributed by atoms with Crippen LogP contribution in [0.3, 0.4) is 0 Å². The highest BCUT2D eigenvalue weighted by Crippen LogP contribution is 2.17. The number of rotatable bonds is 4. The molecule has 0 bridgehead atoms. The normalized spacial score (nSPS) is 13.2. The van der Waals surface area contributed by atoms with Crippen LogP contribution in [0, 0.1) is 5.41 Å². The van der Waals surface area contributed by atoms with Crippen molar-refractivity contribution in [2.45, 2.75) is 46.7 Å². The monoisotopic (exact) mass is 248 g/mol. The van der Waals surface area contributed by atoms with E-state index in [1.54, 1.807) is 0 Å². The van der Waals surface area contributed by atoms with E-state index in [1.807, 2.05) is 39.0 Å². The van der Waals surface area contributed by atoms with Crippen molar-refractivity contribution in [2.75, 3.05) is 0 Å². The molecular weight excluding hydrogens is 224 g/mol. The summed E-state index contributed by atoms with van der Waals surface area (Å²) in [5.41, 5.74) is 8.13. The zero-order chi connectivity index (χ0) is 13.8. The Balaban J connectivity index is 2.63. The van der Waals surface area contributed by atoms with Gasteiger partial charge in [-0.05, 0) is 23.0 Å². The number of aryl methyl sites for hydroxylation is 1. The van der Waals surface area contributed by atoms with Gasteiger partial charge in [0.1, 0.15) is 0 Å². The number of nitrogens with two attached hydrogens (primary N) is 1. The van der Waals surface area contributed by atoms with E-state index < -0.39 is 6.04 Å². The van der Waals surface area contributed by atoms with Gasteiger partial charge in [-0.3, -0.25) is 4.79 Å². The van der Waals surface area contributed by atoms with Crippen LogP contribution in [0.5, 0.6) is 0 Å². The Kier molecular flexibility index (Phi) is 4.91. The molecule has 3 heteroatoms. The summed E-state index contributed by atoms with van der Waals surface area (Å²) in [4.78, 5) is 11.9. The summed E-state index contributed by atoms with van der Waals surface area (Å²) < 4.78 is 0. The van der Waals surface area contributed by atoms with Crippen LogP contribution >= 0.6 is 0 Å². The highest BCUT2D eigenvalue weighted by atomic mass is 16.2. The van der Waals surface area contributed by atoms with Crippen LogP contribution in [-0.4, -0.2) is 11.9 Å². The molecule has 18 heavy (non-hydrogen) atoms. The highest BCUT2D eigenvalue weighted by molar-refractivity contribution is 5.82. The number of carbonyl (C=O) groups is 1. The number of hydrogen-bond donors (Lipinski definition) is 2. The minimum absolute atomic E-state index is 0.0894. The molecule has 1 rings (SSSR count). The molecule has 100 valence electrons. The Hall–Kier alpha value is -1.35. The van der Waals surface area contributed by atoms with Gasteiger partial charge in [-0.15, -0.1) is 0 Å². The average molecular weight is 248 g/mol. The van der Waals surface area contributed by atoms with Crippen molar-refractivity contribution in [3.05, 3.63) is 35.4 Å². The SMILES string of the molecule is CCc1ccccc1CNC(=O)C(N)C(C)(C)C. The number of benzene rings is 1.